The summed E-state index contributed by atoms with van der Waals surface area (Å²) in [7, 11) is 0. The normalized spacial score (nSPS) is 14.4. The molecule has 0 aromatic carbocycles. The van der Waals surface area contributed by atoms with Gasteiger partial charge in [-0.05, 0) is 43.4 Å². The van der Waals surface area contributed by atoms with Crippen LogP contribution in [0, 0.1) is 11.3 Å². The van der Waals surface area contributed by atoms with Crippen molar-refractivity contribution in [1.29, 1.82) is 5.26 Å². The summed E-state index contributed by atoms with van der Waals surface area (Å²) >= 11 is 0. The van der Waals surface area contributed by atoms with Crippen molar-refractivity contribution in [3.8, 4) is 6.07 Å². The molecule has 2 rings (SSSR count). The largest absolute Gasteiger partial charge is 0.467 e. The van der Waals surface area contributed by atoms with Gasteiger partial charge in [-0.3, -0.25) is 4.79 Å². The maximum absolute atomic E-state index is 11.8. The molecule has 1 amide bonds. The van der Waals surface area contributed by atoms with Crippen molar-refractivity contribution in [3.05, 3.63) is 35.3 Å². The standard InChI is InChI=1S/C13H14N2O2/c14-8-12(10-4-1-2-5-10)13(16)15-9-11-6-3-7-17-11/h3,6-7H,1-2,4-5,9H2,(H,15,16). The molecule has 4 heteroatoms. The predicted octanol–water partition coefficient (Wildman–Crippen LogP) is 2.29. The molecule has 1 fully saturated rings. The Hall–Kier alpha value is -2.02. The minimum atomic E-state index is -0.291. The van der Waals surface area contributed by atoms with Crippen LogP contribution in [0.2, 0.25) is 0 Å². The molecule has 0 radical (unpaired) electrons. The lowest BCUT2D eigenvalue weighted by Gasteiger charge is -2.04. The summed E-state index contributed by atoms with van der Waals surface area (Å²) in [6, 6.07) is 5.56. The molecule has 0 spiro atoms. The maximum Gasteiger partial charge on any atom is 0.262 e. The lowest BCUT2D eigenvalue weighted by molar-refractivity contribution is -0.117. The van der Waals surface area contributed by atoms with E-state index in [4.69, 9.17) is 9.68 Å². The highest BCUT2D eigenvalue weighted by Crippen LogP contribution is 2.26. The number of hydrogen-bond donors (Lipinski definition) is 1. The number of nitriles is 1. The molecule has 0 aliphatic heterocycles. The Kier molecular flexibility index (Phi) is 3.61. The predicted molar refractivity (Wildman–Crippen MR) is 61.7 cm³/mol. The molecule has 17 heavy (non-hydrogen) atoms. The zero-order chi connectivity index (χ0) is 12.1. The van der Waals surface area contributed by atoms with Crippen LogP contribution in [0.3, 0.4) is 0 Å². The smallest absolute Gasteiger partial charge is 0.262 e. The molecule has 1 aromatic rings. The van der Waals surface area contributed by atoms with Gasteiger partial charge in [0.2, 0.25) is 0 Å². The fraction of sp³-hybridized carbons (Fsp3) is 0.385. The zero-order valence-corrected chi connectivity index (χ0v) is 9.53. The Labute approximate surface area is 99.9 Å². The Morgan fingerprint density at radius 3 is 2.82 bits per heavy atom. The first-order valence-corrected chi connectivity index (χ1v) is 5.74. The summed E-state index contributed by atoms with van der Waals surface area (Å²) < 4.78 is 5.11. The zero-order valence-electron chi connectivity index (χ0n) is 9.53. The van der Waals surface area contributed by atoms with Gasteiger partial charge in [0.25, 0.3) is 5.91 Å². The van der Waals surface area contributed by atoms with Crippen LogP contribution >= 0.6 is 0 Å². The van der Waals surface area contributed by atoms with Crippen molar-refractivity contribution >= 4 is 5.91 Å². The van der Waals surface area contributed by atoms with Crippen molar-refractivity contribution in [2.45, 2.75) is 32.2 Å². The molecule has 1 heterocycles. The number of carbonyl (C=O) groups is 1. The molecule has 0 atom stereocenters. The second-order valence-corrected chi connectivity index (χ2v) is 4.06. The lowest BCUT2D eigenvalue weighted by atomic mass is 10.1. The van der Waals surface area contributed by atoms with E-state index in [0.29, 0.717) is 12.3 Å². The van der Waals surface area contributed by atoms with Crippen LogP contribution in [0.1, 0.15) is 31.4 Å². The number of nitrogens with one attached hydrogen (secondary N) is 1. The molecule has 1 aliphatic carbocycles. The first-order chi connectivity index (χ1) is 8.31. The molecule has 1 N–H and O–H groups in total. The van der Waals surface area contributed by atoms with E-state index < -0.39 is 0 Å². The highest BCUT2D eigenvalue weighted by atomic mass is 16.3. The minimum Gasteiger partial charge on any atom is -0.467 e. The number of hydrogen-bond acceptors (Lipinski definition) is 3. The van der Waals surface area contributed by atoms with Crippen LogP contribution in [-0.4, -0.2) is 5.91 Å². The SMILES string of the molecule is N#CC(C(=O)NCc1ccco1)=C1CCCC1. The van der Waals surface area contributed by atoms with Gasteiger partial charge >= 0.3 is 0 Å². The summed E-state index contributed by atoms with van der Waals surface area (Å²) in [5.74, 6) is 0.396. The summed E-state index contributed by atoms with van der Waals surface area (Å²) in [4.78, 5) is 11.8. The molecule has 1 aliphatic rings. The summed E-state index contributed by atoms with van der Waals surface area (Å²) in [6.45, 7) is 0.324. The van der Waals surface area contributed by atoms with E-state index in [9.17, 15) is 4.79 Å². The minimum absolute atomic E-state index is 0.286. The number of nitrogens with zero attached hydrogens (tertiary/aromatic N) is 1. The highest BCUT2D eigenvalue weighted by molar-refractivity contribution is 5.98. The van der Waals surface area contributed by atoms with Crippen LogP contribution in [0.5, 0.6) is 0 Å². The van der Waals surface area contributed by atoms with E-state index >= 15 is 0 Å². The number of rotatable bonds is 3. The average molecular weight is 230 g/mol. The van der Waals surface area contributed by atoms with Gasteiger partial charge in [0.1, 0.15) is 17.4 Å². The van der Waals surface area contributed by atoms with Gasteiger partial charge in [0.05, 0.1) is 12.8 Å². The van der Waals surface area contributed by atoms with Gasteiger partial charge in [-0.1, -0.05) is 0 Å². The van der Waals surface area contributed by atoms with Crippen molar-refractivity contribution in [2.24, 2.45) is 0 Å². The summed E-state index contributed by atoms with van der Waals surface area (Å²) in [6.07, 6.45) is 5.45. The average Bonchev–Trinajstić information content (AvgIpc) is 3.00. The second kappa shape index (κ2) is 5.35. The Balaban J connectivity index is 1.99. The molecule has 1 saturated carbocycles. The fourth-order valence-electron chi connectivity index (χ4n) is 2.01. The van der Waals surface area contributed by atoms with Crippen LogP contribution in [0.15, 0.2) is 34.0 Å². The van der Waals surface area contributed by atoms with E-state index in [1.165, 1.54) is 0 Å². The molecule has 88 valence electrons. The topological polar surface area (TPSA) is 66.0 Å². The maximum atomic E-state index is 11.8. The molecular weight excluding hydrogens is 216 g/mol. The number of amides is 1. The van der Waals surface area contributed by atoms with Gasteiger partial charge in [-0.25, -0.2) is 0 Å². The molecule has 0 unspecified atom stereocenters. The van der Waals surface area contributed by atoms with Gasteiger partial charge in [-0.2, -0.15) is 5.26 Å². The summed E-state index contributed by atoms with van der Waals surface area (Å²) in [5.41, 5.74) is 1.28. The molecule has 0 saturated heterocycles. The highest BCUT2D eigenvalue weighted by Gasteiger charge is 2.18. The van der Waals surface area contributed by atoms with E-state index in [2.05, 4.69) is 5.32 Å². The van der Waals surface area contributed by atoms with E-state index in [1.807, 2.05) is 6.07 Å². The van der Waals surface area contributed by atoms with Crippen molar-refractivity contribution < 1.29 is 9.21 Å². The van der Waals surface area contributed by atoms with Crippen LogP contribution in [0.25, 0.3) is 0 Å². The Bertz CT molecular complexity index is 458. The van der Waals surface area contributed by atoms with Crippen molar-refractivity contribution in [3.63, 3.8) is 0 Å². The number of carbonyl (C=O) groups excluding carboxylic acids is 1. The van der Waals surface area contributed by atoms with E-state index in [1.54, 1.807) is 18.4 Å². The first-order valence-electron chi connectivity index (χ1n) is 5.74. The monoisotopic (exact) mass is 230 g/mol. The van der Waals surface area contributed by atoms with Gasteiger partial charge in [0.15, 0.2) is 0 Å². The summed E-state index contributed by atoms with van der Waals surface area (Å²) in [5, 5.41) is 11.7. The fourth-order valence-corrected chi connectivity index (χ4v) is 2.01. The van der Waals surface area contributed by atoms with Crippen molar-refractivity contribution in [1.82, 2.24) is 5.32 Å². The van der Waals surface area contributed by atoms with Crippen LogP contribution < -0.4 is 5.32 Å². The van der Waals surface area contributed by atoms with Crippen LogP contribution in [-0.2, 0) is 11.3 Å². The molecule has 4 nitrogen and oxygen atoms in total. The van der Waals surface area contributed by atoms with Gasteiger partial charge in [-0.15, -0.1) is 0 Å². The van der Waals surface area contributed by atoms with E-state index in [0.717, 1.165) is 31.3 Å². The Morgan fingerprint density at radius 1 is 1.47 bits per heavy atom. The third kappa shape index (κ3) is 2.76. The van der Waals surface area contributed by atoms with Gasteiger partial charge < -0.3 is 9.73 Å². The third-order valence-corrected chi connectivity index (χ3v) is 2.90. The van der Waals surface area contributed by atoms with Gasteiger partial charge in [0, 0.05) is 0 Å². The quantitative estimate of drug-likeness (QED) is 0.640. The molecule has 1 aromatic heterocycles. The molecular formula is C13H14N2O2. The second-order valence-electron chi connectivity index (χ2n) is 4.06. The Morgan fingerprint density at radius 2 is 2.24 bits per heavy atom. The first kappa shape index (κ1) is 11.5. The van der Waals surface area contributed by atoms with Crippen molar-refractivity contribution in [2.75, 3.05) is 0 Å². The van der Waals surface area contributed by atoms with Crippen LogP contribution in [0.4, 0.5) is 0 Å². The number of furan rings is 1. The lowest BCUT2D eigenvalue weighted by Crippen LogP contribution is -2.24. The third-order valence-electron chi connectivity index (χ3n) is 2.90. The number of allylic oxidation sites excluding steroid dienone is 1. The van der Waals surface area contributed by atoms with E-state index in [-0.39, 0.29) is 11.5 Å². The molecule has 0 bridgehead atoms.